The molecule has 0 radical (unpaired) electrons. The number of sulfonamides is 1. The number of hydrogen-bond donors (Lipinski definition) is 1. The lowest BCUT2D eigenvalue weighted by Gasteiger charge is -2.09. The van der Waals surface area contributed by atoms with Crippen LogP contribution in [0.1, 0.15) is 0 Å². The molecule has 0 unspecified atom stereocenters. The topological polar surface area (TPSA) is 128 Å². The standard InChI is InChI=1S/C18H12N4O5S2/c23-22(24)14-5-3-4-12(8-14)16-11-28-18(20-16)21-29(25,26)17-7-2-1-6-15(17)13-9-19-27-10-13/h1-11H,(H,20,21). The first-order chi connectivity index (χ1) is 13.9. The molecule has 9 nitrogen and oxygen atoms in total. The minimum absolute atomic E-state index is 0.0512. The maximum Gasteiger partial charge on any atom is 0.270 e. The zero-order valence-corrected chi connectivity index (χ0v) is 16.2. The van der Waals surface area contributed by atoms with E-state index in [2.05, 4.69) is 14.9 Å². The van der Waals surface area contributed by atoms with Gasteiger partial charge in [-0.3, -0.25) is 14.8 Å². The monoisotopic (exact) mass is 428 g/mol. The first kappa shape index (κ1) is 18.8. The number of benzene rings is 2. The van der Waals surface area contributed by atoms with Gasteiger partial charge in [0.1, 0.15) is 6.26 Å². The van der Waals surface area contributed by atoms with Crippen LogP contribution in [0.2, 0.25) is 0 Å². The second kappa shape index (κ2) is 7.45. The molecule has 4 rings (SSSR count). The van der Waals surface area contributed by atoms with Gasteiger partial charge >= 0.3 is 0 Å². The molecule has 0 saturated carbocycles. The van der Waals surface area contributed by atoms with Crippen LogP contribution in [-0.4, -0.2) is 23.5 Å². The summed E-state index contributed by atoms with van der Waals surface area (Å²) < 4.78 is 33.1. The number of nitro benzene ring substituents is 1. The van der Waals surface area contributed by atoms with Crippen LogP contribution in [0.5, 0.6) is 0 Å². The van der Waals surface area contributed by atoms with E-state index in [4.69, 9.17) is 4.52 Å². The Morgan fingerprint density at radius 3 is 2.69 bits per heavy atom. The molecule has 2 aromatic heterocycles. The summed E-state index contributed by atoms with van der Waals surface area (Å²) in [6.45, 7) is 0. The van der Waals surface area contributed by atoms with E-state index >= 15 is 0 Å². The van der Waals surface area contributed by atoms with Crippen molar-refractivity contribution in [1.29, 1.82) is 0 Å². The van der Waals surface area contributed by atoms with Crippen LogP contribution in [0.3, 0.4) is 0 Å². The van der Waals surface area contributed by atoms with Crippen LogP contribution in [0.4, 0.5) is 10.8 Å². The molecule has 2 heterocycles. The third-order valence-corrected chi connectivity index (χ3v) is 6.28. The predicted molar refractivity (Wildman–Crippen MR) is 107 cm³/mol. The number of nitrogens with zero attached hydrogens (tertiary/aromatic N) is 3. The van der Waals surface area contributed by atoms with Gasteiger partial charge < -0.3 is 4.52 Å². The molecule has 0 atom stereocenters. The number of aromatic nitrogens is 2. The van der Waals surface area contributed by atoms with Gasteiger partial charge in [-0.05, 0) is 6.07 Å². The molecule has 0 aliphatic carbocycles. The van der Waals surface area contributed by atoms with E-state index in [0.29, 0.717) is 22.4 Å². The molecule has 146 valence electrons. The lowest BCUT2D eigenvalue weighted by molar-refractivity contribution is -0.384. The smallest absolute Gasteiger partial charge is 0.270 e. The highest BCUT2D eigenvalue weighted by Crippen LogP contribution is 2.31. The number of hydrogen-bond acceptors (Lipinski definition) is 8. The number of nitrogens with one attached hydrogen (secondary N) is 1. The molecule has 0 spiro atoms. The van der Waals surface area contributed by atoms with E-state index in [9.17, 15) is 18.5 Å². The first-order valence-electron chi connectivity index (χ1n) is 8.16. The van der Waals surface area contributed by atoms with Crippen molar-refractivity contribution < 1.29 is 17.9 Å². The van der Waals surface area contributed by atoms with Crippen molar-refractivity contribution in [1.82, 2.24) is 10.1 Å². The van der Waals surface area contributed by atoms with Gasteiger partial charge in [0.15, 0.2) is 5.13 Å². The average molecular weight is 428 g/mol. The van der Waals surface area contributed by atoms with Crippen molar-refractivity contribution in [3.8, 4) is 22.4 Å². The molecule has 0 bridgehead atoms. The normalized spacial score (nSPS) is 11.3. The minimum atomic E-state index is -3.94. The van der Waals surface area contributed by atoms with E-state index in [1.165, 1.54) is 30.7 Å². The number of thiazole rings is 1. The summed E-state index contributed by atoms with van der Waals surface area (Å²) in [5.74, 6) is 0. The van der Waals surface area contributed by atoms with Gasteiger partial charge in [0, 0.05) is 34.2 Å². The summed E-state index contributed by atoms with van der Waals surface area (Å²) in [4.78, 5) is 14.8. The quantitative estimate of drug-likeness (QED) is 0.360. The van der Waals surface area contributed by atoms with Gasteiger partial charge in [0.05, 0.1) is 21.7 Å². The predicted octanol–water partition coefficient (Wildman–Crippen LogP) is 4.17. The molecule has 11 heteroatoms. The zero-order valence-electron chi connectivity index (χ0n) is 14.6. The van der Waals surface area contributed by atoms with Gasteiger partial charge in [0.2, 0.25) is 0 Å². The Balaban J connectivity index is 1.64. The van der Waals surface area contributed by atoms with Crippen LogP contribution < -0.4 is 4.72 Å². The van der Waals surface area contributed by atoms with Crippen molar-refractivity contribution in [3.63, 3.8) is 0 Å². The third-order valence-electron chi connectivity index (χ3n) is 4.00. The van der Waals surface area contributed by atoms with Crippen molar-refractivity contribution in [2.75, 3.05) is 4.72 Å². The molecular weight excluding hydrogens is 416 g/mol. The maximum absolute atomic E-state index is 12.9. The summed E-state index contributed by atoms with van der Waals surface area (Å²) in [5, 5.41) is 16.3. The van der Waals surface area contributed by atoms with Crippen molar-refractivity contribution >= 4 is 32.2 Å². The lowest BCUT2D eigenvalue weighted by Crippen LogP contribution is -2.13. The highest BCUT2D eigenvalue weighted by Gasteiger charge is 2.21. The Kier molecular flexibility index (Phi) is 4.82. The van der Waals surface area contributed by atoms with E-state index in [1.807, 2.05) is 0 Å². The highest BCUT2D eigenvalue weighted by atomic mass is 32.2. The lowest BCUT2D eigenvalue weighted by atomic mass is 10.1. The van der Waals surface area contributed by atoms with Crippen molar-refractivity contribution in [3.05, 3.63) is 76.5 Å². The fourth-order valence-corrected chi connectivity index (χ4v) is 4.88. The van der Waals surface area contributed by atoms with Gasteiger partial charge in [-0.15, -0.1) is 11.3 Å². The Labute approximate surface area is 168 Å². The van der Waals surface area contributed by atoms with Crippen molar-refractivity contribution in [2.45, 2.75) is 4.90 Å². The van der Waals surface area contributed by atoms with Crippen LogP contribution in [0.25, 0.3) is 22.4 Å². The van der Waals surface area contributed by atoms with Gasteiger partial charge in [0.25, 0.3) is 15.7 Å². The molecule has 2 aromatic carbocycles. The van der Waals surface area contributed by atoms with Gasteiger partial charge in [-0.2, -0.15) is 0 Å². The molecule has 0 saturated heterocycles. The second-order valence-corrected chi connectivity index (χ2v) is 8.37. The molecule has 0 amide bonds. The molecule has 0 fully saturated rings. The Morgan fingerprint density at radius 2 is 1.93 bits per heavy atom. The maximum atomic E-state index is 12.9. The number of nitro groups is 1. The second-order valence-electron chi connectivity index (χ2n) is 5.86. The van der Waals surface area contributed by atoms with E-state index in [-0.39, 0.29) is 15.7 Å². The largest absolute Gasteiger partial charge is 0.364 e. The summed E-state index contributed by atoms with van der Waals surface area (Å²) in [6.07, 6.45) is 2.79. The first-order valence-corrected chi connectivity index (χ1v) is 10.5. The summed E-state index contributed by atoms with van der Waals surface area (Å²) >= 11 is 1.08. The van der Waals surface area contributed by atoms with Crippen LogP contribution in [0.15, 0.2) is 75.8 Å². The number of non-ortho nitro benzene ring substituents is 1. The van der Waals surface area contributed by atoms with E-state index in [0.717, 1.165) is 11.3 Å². The van der Waals surface area contributed by atoms with E-state index < -0.39 is 14.9 Å². The summed E-state index contributed by atoms with van der Waals surface area (Å²) in [5.41, 5.74) is 1.86. The Bertz CT molecular complexity index is 1280. The fraction of sp³-hybridized carbons (Fsp3) is 0. The molecule has 29 heavy (non-hydrogen) atoms. The minimum Gasteiger partial charge on any atom is -0.364 e. The molecule has 4 aromatic rings. The molecule has 0 aliphatic heterocycles. The number of rotatable bonds is 6. The molecular formula is C18H12N4O5S2. The van der Waals surface area contributed by atoms with Gasteiger partial charge in [-0.25, -0.2) is 13.4 Å². The van der Waals surface area contributed by atoms with Crippen LogP contribution in [-0.2, 0) is 10.0 Å². The number of anilines is 1. The third kappa shape index (κ3) is 3.86. The van der Waals surface area contributed by atoms with Crippen LogP contribution >= 0.6 is 11.3 Å². The molecule has 0 aliphatic rings. The molecule has 1 N–H and O–H groups in total. The van der Waals surface area contributed by atoms with Crippen LogP contribution in [0, 0.1) is 10.1 Å². The van der Waals surface area contributed by atoms with E-state index in [1.54, 1.807) is 35.7 Å². The summed E-state index contributed by atoms with van der Waals surface area (Å²) in [6, 6.07) is 12.4. The Hall–Kier alpha value is -3.57. The fourth-order valence-electron chi connectivity index (χ4n) is 2.68. The highest BCUT2D eigenvalue weighted by molar-refractivity contribution is 7.93. The Morgan fingerprint density at radius 1 is 1.10 bits per heavy atom. The van der Waals surface area contributed by atoms with Gasteiger partial charge in [-0.1, -0.05) is 35.5 Å². The summed E-state index contributed by atoms with van der Waals surface area (Å²) in [7, 11) is -3.94. The SMILES string of the molecule is O=[N+]([O-])c1cccc(-c2csc(NS(=O)(=O)c3ccccc3-c3cnoc3)n2)c1. The zero-order chi connectivity index (χ0) is 20.4. The average Bonchev–Trinajstić information content (AvgIpc) is 3.40. The van der Waals surface area contributed by atoms with Crippen molar-refractivity contribution in [2.24, 2.45) is 0 Å².